The highest BCUT2D eigenvalue weighted by molar-refractivity contribution is 7.91. The van der Waals surface area contributed by atoms with Crippen molar-refractivity contribution >= 4 is 31.3 Å². The average molecular weight is 226 g/mol. The van der Waals surface area contributed by atoms with Gasteiger partial charge in [0.25, 0.3) is 0 Å². The maximum absolute atomic E-state index is 11.5. The van der Waals surface area contributed by atoms with Gasteiger partial charge in [0.2, 0.25) is 0 Å². The van der Waals surface area contributed by atoms with E-state index in [0.29, 0.717) is 4.90 Å². The molecule has 0 fully saturated rings. The smallest absolute Gasteiger partial charge is 0.176 e. The lowest BCUT2D eigenvalue weighted by molar-refractivity contribution is 0.603. The van der Waals surface area contributed by atoms with Gasteiger partial charge in [-0.3, -0.25) is 0 Å². The Hall–Kier alpha value is -0.870. The van der Waals surface area contributed by atoms with Gasteiger partial charge >= 0.3 is 0 Å². The highest BCUT2D eigenvalue weighted by atomic mass is 32.2. The van der Waals surface area contributed by atoms with E-state index in [0.717, 1.165) is 15.0 Å². The zero-order valence-electron chi connectivity index (χ0n) is 7.94. The lowest BCUT2D eigenvalue weighted by Gasteiger charge is -1.98. The molecule has 0 unspecified atom stereocenters. The van der Waals surface area contributed by atoms with E-state index in [4.69, 9.17) is 0 Å². The molecule has 1 aromatic carbocycles. The largest absolute Gasteiger partial charge is 0.224 e. The van der Waals surface area contributed by atoms with E-state index >= 15 is 0 Å². The van der Waals surface area contributed by atoms with Crippen molar-refractivity contribution in [3.8, 4) is 0 Å². The van der Waals surface area contributed by atoms with E-state index in [1.54, 1.807) is 12.1 Å². The van der Waals surface area contributed by atoms with Crippen molar-refractivity contribution in [1.82, 2.24) is 0 Å². The Balaban J connectivity index is 2.90. The second kappa shape index (κ2) is 3.07. The first-order valence-electron chi connectivity index (χ1n) is 4.18. The van der Waals surface area contributed by atoms with Gasteiger partial charge in [-0.2, -0.15) is 0 Å². The quantitative estimate of drug-likeness (QED) is 0.749. The van der Waals surface area contributed by atoms with E-state index in [1.807, 2.05) is 19.1 Å². The summed E-state index contributed by atoms with van der Waals surface area (Å²) in [6.45, 7) is 1.98. The van der Waals surface area contributed by atoms with Crippen LogP contribution in [0.15, 0.2) is 29.2 Å². The van der Waals surface area contributed by atoms with E-state index in [2.05, 4.69) is 0 Å². The van der Waals surface area contributed by atoms with Crippen LogP contribution in [0.1, 0.15) is 4.88 Å². The van der Waals surface area contributed by atoms with Gasteiger partial charge in [0, 0.05) is 11.1 Å². The number of fused-ring (bicyclic) bond motifs is 1. The first-order valence-corrected chi connectivity index (χ1v) is 6.88. The van der Waals surface area contributed by atoms with Gasteiger partial charge in [0.1, 0.15) is 0 Å². The van der Waals surface area contributed by atoms with Gasteiger partial charge in [-0.05, 0) is 24.4 Å². The van der Waals surface area contributed by atoms with Crippen molar-refractivity contribution in [2.45, 2.75) is 11.8 Å². The fraction of sp³-hybridized carbons (Fsp3) is 0.200. The van der Waals surface area contributed by atoms with E-state index < -0.39 is 9.84 Å². The third-order valence-electron chi connectivity index (χ3n) is 2.03. The molecule has 2 aromatic rings. The second-order valence-corrected chi connectivity index (χ2v) is 6.54. The topological polar surface area (TPSA) is 34.1 Å². The van der Waals surface area contributed by atoms with E-state index in [1.165, 1.54) is 17.6 Å². The molecule has 0 amide bonds. The molecule has 2 rings (SSSR count). The highest BCUT2D eigenvalue weighted by Crippen LogP contribution is 2.30. The predicted molar refractivity (Wildman–Crippen MR) is 59.7 cm³/mol. The number of sulfone groups is 1. The van der Waals surface area contributed by atoms with Crippen molar-refractivity contribution in [3.05, 3.63) is 29.1 Å². The van der Waals surface area contributed by atoms with Gasteiger partial charge < -0.3 is 0 Å². The van der Waals surface area contributed by atoms with Crippen LogP contribution in [0, 0.1) is 6.92 Å². The fourth-order valence-electron chi connectivity index (χ4n) is 1.46. The molecular formula is C10H10O2S2. The van der Waals surface area contributed by atoms with Crippen LogP contribution in [-0.2, 0) is 9.84 Å². The van der Waals surface area contributed by atoms with Crippen LogP contribution < -0.4 is 0 Å². The summed E-state index contributed by atoms with van der Waals surface area (Å²) in [5.74, 6) is 0. The number of thiophene rings is 1. The lowest BCUT2D eigenvalue weighted by Crippen LogP contribution is -1.96. The van der Waals surface area contributed by atoms with E-state index in [-0.39, 0.29) is 0 Å². The SMILES string of the molecule is Cc1cc2cccc(S(C)(=O)=O)c2s1. The monoisotopic (exact) mass is 226 g/mol. The molecule has 0 bridgehead atoms. The van der Waals surface area contributed by atoms with Crippen molar-refractivity contribution in [3.63, 3.8) is 0 Å². The molecule has 14 heavy (non-hydrogen) atoms. The summed E-state index contributed by atoms with van der Waals surface area (Å²) in [5.41, 5.74) is 0. The number of aryl methyl sites for hydroxylation is 1. The third kappa shape index (κ3) is 1.55. The summed E-state index contributed by atoms with van der Waals surface area (Å²) in [7, 11) is -3.11. The molecule has 4 heteroatoms. The molecule has 0 saturated heterocycles. The maximum Gasteiger partial charge on any atom is 0.176 e. The predicted octanol–water partition coefficient (Wildman–Crippen LogP) is 2.61. The molecule has 0 aliphatic carbocycles. The normalized spacial score (nSPS) is 12.1. The minimum absolute atomic E-state index is 0.438. The molecule has 1 aromatic heterocycles. The van der Waals surface area contributed by atoms with Crippen LogP contribution in [0.25, 0.3) is 10.1 Å². The van der Waals surface area contributed by atoms with Crippen LogP contribution in [0.2, 0.25) is 0 Å². The number of hydrogen-bond donors (Lipinski definition) is 0. The van der Waals surface area contributed by atoms with Crippen molar-refractivity contribution in [2.24, 2.45) is 0 Å². The summed E-state index contributed by atoms with van der Waals surface area (Å²) in [6.07, 6.45) is 1.25. The molecule has 0 atom stereocenters. The van der Waals surface area contributed by atoms with Gasteiger partial charge in [0.15, 0.2) is 9.84 Å². The van der Waals surface area contributed by atoms with Crippen molar-refractivity contribution in [1.29, 1.82) is 0 Å². The summed E-state index contributed by atoms with van der Waals surface area (Å²) < 4.78 is 23.8. The maximum atomic E-state index is 11.5. The molecule has 74 valence electrons. The van der Waals surface area contributed by atoms with Crippen LogP contribution in [-0.4, -0.2) is 14.7 Å². The Bertz CT molecular complexity index is 579. The lowest BCUT2D eigenvalue weighted by atomic mass is 10.2. The molecule has 1 heterocycles. The van der Waals surface area contributed by atoms with Crippen LogP contribution in [0.5, 0.6) is 0 Å². The Labute approximate surface area is 87.1 Å². The van der Waals surface area contributed by atoms with Crippen LogP contribution in [0.4, 0.5) is 0 Å². The van der Waals surface area contributed by atoms with Gasteiger partial charge in [-0.1, -0.05) is 12.1 Å². The molecule has 0 N–H and O–H groups in total. The minimum atomic E-state index is -3.11. The standard InChI is InChI=1S/C10H10O2S2/c1-7-6-8-4-3-5-9(10(8)13-7)14(2,11)12/h3-6H,1-2H3. The summed E-state index contributed by atoms with van der Waals surface area (Å²) in [5, 5.41) is 1.01. The Kier molecular flexibility index (Phi) is 2.12. The molecule has 0 aliphatic rings. The zero-order valence-corrected chi connectivity index (χ0v) is 9.58. The first-order chi connectivity index (χ1) is 6.48. The fourth-order valence-corrected chi connectivity index (χ4v) is 3.74. The molecule has 2 nitrogen and oxygen atoms in total. The number of rotatable bonds is 1. The summed E-state index contributed by atoms with van der Waals surface area (Å²) >= 11 is 1.53. The Morgan fingerprint density at radius 2 is 2.00 bits per heavy atom. The number of benzene rings is 1. The van der Waals surface area contributed by atoms with Crippen LogP contribution in [0.3, 0.4) is 0 Å². The zero-order chi connectivity index (χ0) is 10.3. The van der Waals surface area contributed by atoms with E-state index in [9.17, 15) is 8.42 Å². The minimum Gasteiger partial charge on any atom is -0.224 e. The average Bonchev–Trinajstić information content (AvgIpc) is 2.41. The summed E-state index contributed by atoms with van der Waals surface area (Å²) in [6, 6.07) is 7.39. The molecular weight excluding hydrogens is 216 g/mol. The third-order valence-corrected chi connectivity index (χ3v) is 4.40. The molecule has 0 radical (unpaired) electrons. The van der Waals surface area contributed by atoms with Gasteiger partial charge in [-0.25, -0.2) is 8.42 Å². The van der Waals surface area contributed by atoms with Crippen molar-refractivity contribution in [2.75, 3.05) is 6.26 Å². The molecule has 0 aliphatic heterocycles. The molecule has 0 saturated carbocycles. The molecule has 0 spiro atoms. The number of hydrogen-bond acceptors (Lipinski definition) is 3. The Morgan fingerprint density at radius 1 is 1.29 bits per heavy atom. The van der Waals surface area contributed by atoms with Crippen molar-refractivity contribution < 1.29 is 8.42 Å². The highest BCUT2D eigenvalue weighted by Gasteiger charge is 2.12. The van der Waals surface area contributed by atoms with Gasteiger partial charge in [0.05, 0.1) is 9.60 Å². The second-order valence-electron chi connectivity index (χ2n) is 3.30. The Morgan fingerprint density at radius 3 is 2.64 bits per heavy atom. The van der Waals surface area contributed by atoms with Crippen LogP contribution >= 0.6 is 11.3 Å². The van der Waals surface area contributed by atoms with Gasteiger partial charge in [-0.15, -0.1) is 11.3 Å². The summed E-state index contributed by atoms with van der Waals surface area (Å²) in [4.78, 5) is 1.57. The first kappa shape index (κ1) is 9.68.